The molecule has 14 heteroatoms. The molecule has 7 nitrogen and oxygen atoms in total. The van der Waals surface area contributed by atoms with Crippen molar-refractivity contribution in [3.05, 3.63) is 89.2 Å². The number of hydrogen-bond donors (Lipinski definition) is 2. The molecule has 3 atom stereocenters. The van der Waals surface area contributed by atoms with Crippen LogP contribution in [0.3, 0.4) is 0 Å². The molecule has 226 valence electrons. The van der Waals surface area contributed by atoms with E-state index in [1.807, 2.05) is 0 Å². The van der Waals surface area contributed by atoms with E-state index in [4.69, 9.17) is 28.5 Å². The summed E-state index contributed by atoms with van der Waals surface area (Å²) in [6.07, 6.45) is -4.57. The fourth-order valence-electron chi connectivity index (χ4n) is 4.18. The van der Waals surface area contributed by atoms with Crippen LogP contribution in [0.2, 0.25) is 0 Å². The third-order valence-corrected chi connectivity index (χ3v) is 7.85. The smallest absolute Gasteiger partial charge is 0.339 e. The zero-order valence-electron chi connectivity index (χ0n) is 22.4. The van der Waals surface area contributed by atoms with Crippen molar-refractivity contribution in [1.29, 1.82) is 10.5 Å². The largest absolute Gasteiger partial charge is 0.407 e. The highest BCUT2D eigenvalue weighted by Crippen LogP contribution is 2.35. The summed E-state index contributed by atoms with van der Waals surface area (Å²) in [5.74, 6) is -1.79. The molecule has 0 saturated heterocycles. The van der Waals surface area contributed by atoms with Gasteiger partial charge in [0, 0.05) is 19.1 Å². The third kappa shape index (κ3) is 9.40. The van der Waals surface area contributed by atoms with E-state index in [1.165, 1.54) is 60.7 Å². The fourth-order valence-corrected chi connectivity index (χ4v) is 5.16. The molecule has 0 bridgehead atoms. The average Bonchev–Trinajstić information content (AvgIpc) is 2.94. The Morgan fingerprint density at radius 3 is 2.02 bits per heavy atom. The first kappa shape index (κ1) is 33.8. The quantitative estimate of drug-likeness (QED) is 0.200. The van der Waals surface area contributed by atoms with Crippen molar-refractivity contribution < 1.29 is 30.8 Å². The van der Waals surface area contributed by atoms with Crippen molar-refractivity contribution in [3.8, 4) is 23.3 Å². The monoisotopic (exact) mass is 654 g/mol. The second kappa shape index (κ2) is 14.2. The number of carbonyl (C=O) groups excluding carboxylic acids is 1. The highest BCUT2D eigenvalue weighted by Gasteiger charge is 2.43. The molecule has 0 radical (unpaired) electrons. The molecule has 3 aromatic rings. The van der Waals surface area contributed by atoms with Gasteiger partial charge in [0.1, 0.15) is 22.7 Å². The number of amides is 1. The van der Waals surface area contributed by atoms with Crippen LogP contribution in [0.15, 0.2) is 71.6 Å². The number of sulfone groups is 1. The SMILES string of the molecule is CS(=O)(=O)c1ccc(-c2ccc([C@H](N[C@@H](CC(Cl)Cl)C(=O)N[C@@H](C#N)Cc3ccc(C#N)cc3F)C(F)(F)F)cc2)cc1. The molecule has 43 heavy (non-hydrogen) atoms. The molecule has 3 rings (SSSR count). The Morgan fingerprint density at radius 1 is 0.977 bits per heavy atom. The minimum Gasteiger partial charge on any atom is -0.339 e. The van der Waals surface area contributed by atoms with E-state index in [-0.39, 0.29) is 28.0 Å². The minimum absolute atomic E-state index is 0.0159. The third-order valence-electron chi connectivity index (χ3n) is 6.36. The van der Waals surface area contributed by atoms with Gasteiger partial charge in [-0.25, -0.2) is 12.8 Å². The van der Waals surface area contributed by atoms with Gasteiger partial charge in [0.2, 0.25) is 5.91 Å². The maximum absolute atomic E-state index is 14.3. The van der Waals surface area contributed by atoms with Crippen molar-refractivity contribution in [3.63, 3.8) is 0 Å². The van der Waals surface area contributed by atoms with E-state index in [2.05, 4.69) is 10.6 Å². The summed E-state index contributed by atoms with van der Waals surface area (Å²) in [5.41, 5.74) is 0.920. The summed E-state index contributed by atoms with van der Waals surface area (Å²) < 4.78 is 80.4. The number of nitrogens with zero attached hydrogens (tertiary/aromatic N) is 2. The Kier molecular flexibility index (Phi) is 11.2. The predicted molar refractivity (Wildman–Crippen MR) is 153 cm³/mol. The molecule has 0 aliphatic rings. The van der Waals surface area contributed by atoms with E-state index in [1.54, 1.807) is 12.1 Å². The lowest BCUT2D eigenvalue weighted by atomic mass is 9.99. The Labute approximate surface area is 256 Å². The zero-order valence-corrected chi connectivity index (χ0v) is 24.7. The first-order valence-corrected chi connectivity index (χ1v) is 15.3. The second-order valence-corrected chi connectivity index (χ2v) is 12.8. The van der Waals surface area contributed by atoms with Gasteiger partial charge in [-0.15, -0.1) is 23.2 Å². The molecule has 0 aromatic heterocycles. The molecule has 0 unspecified atom stereocenters. The molecule has 0 spiro atoms. The van der Waals surface area contributed by atoms with E-state index in [0.29, 0.717) is 11.1 Å². The zero-order chi connectivity index (χ0) is 31.9. The van der Waals surface area contributed by atoms with E-state index < -0.39 is 57.1 Å². The summed E-state index contributed by atoms with van der Waals surface area (Å²) in [7, 11) is -3.42. The number of nitriles is 2. The van der Waals surface area contributed by atoms with E-state index in [9.17, 15) is 36.0 Å². The molecule has 0 aliphatic heterocycles. The van der Waals surface area contributed by atoms with E-state index in [0.717, 1.165) is 12.3 Å². The van der Waals surface area contributed by atoms with Crippen LogP contribution >= 0.6 is 23.2 Å². The first-order chi connectivity index (χ1) is 20.1. The van der Waals surface area contributed by atoms with Gasteiger partial charge >= 0.3 is 6.18 Å². The lowest BCUT2D eigenvalue weighted by Gasteiger charge is -2.28. The van der Waals surface area contributed by atoms with Gasteiger partial charge in [-0.2, -0.15) is 23.7 Å². The van der Waals surface area contributed by atoms with Crippen molar-refractivity contribution in [1.82, 2.24) is 10.6 Å². The Morgan fingerprint density at radius 2 is 1.56 bits per heavy atom. The number of benzene rings is 3. The standard InChI is InChI=1S/C29H24Cl2F4N4O3S/c1-43(41,42)23-10-8-19(9-11-23)18-4-6-20(7-5-18)27(29(33,34)35)39-25(14-26(30)31)28(40)38-22(16-37)13-21-3-2-17(15-36)12-24(21)32/h2-12,22,25-27,39H,13-14H2,1H3,(H,38,40)/t22-,25+,27+/m1/s1. The van der Waals surface area contributed by atoms with Crippen molar-refractivity contribution in [2.45, 2.75) is 46.9 Å². The van der Waals surface area contributed by atoms with Crippen LogP contribution in [0.4, 0.5) is 17.6 Å². The van der Waals surface area contributed by atoms with Gasteiger partial charge in [-0.3, -0.25) is 10.1 Å². The molecular formula is C29H24Cl2F4N4O3S. The van der Waals surface area contributed by atoms with Gasteiger partial charge in [-0.05, 0) is 46.5 Å². The molecule has 0 heterocycles. The number of alkyl halides is 5. The summed E-state index contributed by atoms with van der Waals surface area (Å²) in [5, 5.41) is 23.0. The maximum Gasteiger partial charge on any atom is 0.407 e. The van der Waals surface area contributed by atoms with Crippen molar-refractivity contribution >= 4 is 38.9 Å². The number of halogens is 6. The second-order valence-electron chi connectivity index (χ2n) is 9.55. The molecule has 0 aliphatic carbocycles. The van der Waals surface area contributed by atoms with Gasteiger partial charge in [0.25, 0.3) is 0 Å². The highest BCUT2D eigenvalue weighted by atomic mass is 35.5. The number of nitrogens with one attached hydrogen (secondary N) is 2. The molecular weight excluding hydrogens is 631 g/mol. The highest BCUT2D eigenvalue weighted by molar-refractivity contribution is 7.90. The van der Waals surface area contributed by atoms with Gasteiger partial charge < -0.3 is 5.32 Å². The number of hydrogen-bond acceptors (Lipinski definition) is 6. The lowest BCUT2D eigenvalue weighted by molar-refractivity contribution is -0.161. The molecule has 3 aromatic carbocycles. The van der Waals surface area contributed by atoms with E-state index >= 15 is 0 Å². The van der Waals surface area contributed by atoms with Crippen LogP contribution in [-0.4, -0.2) is 43.7 Å². The first-order valence-electron chi connectivity index (χ1n) is 12.5. The summed E-state index contributed by atoms with van der Waals surface area (Å²) in [6.45, 7) is 0. The van der Waals surface area contributed by atoms with Crippen LogP contribution in [-0.2, 0) is 21.1 Å². The van der Waals surface area contributed by atoms with Crippen molar-refractivity contribution in [2.75, 3.05) is 6.26 Å². The van der Waals surface area contributed by atoms with Gasteiger partial charge in [0.15, 0.2) is 9.84 Å². The minimum atomic E-state index is -4.87. The maximum atomic E-state index is 14.3. The van der Waals surface area contributed by atoms with Crippen molar-refractivity contribution in [2.24, 2.45) is 0 Å². The summed E-state index contributed by atoms with van der Waals surface area (Å²) in [6, 6.07) is 13.0. The van der Waals surface area contributed by atoms with Crippen LogP contribution in [0.5, 0.6) is 0 Å². The van der Waals surface area contributed by atoms with Gasteiger partial charge in [0.05, 0.1) is 28.6 Å². The molecule has 0 fully saturated rings. The normalized spacial score (nSPS) is 13.9. The van der Waals surface area contributed by atoms with Crippen LogP contribution < -0.4 is 10.6 Å². The summed E-state index contributed by atoms with van der Waals surface area (Å²) in [4.78, 5) is 11.9. The topological polar surface area (TPSA) is 123 Å². The Bertz CT molecular complexity index is 1640. The van der Waals surface area contributed by atoms with Crippen LogP contribution in [0.25, 0.3) is 11.1 Å². The number of carbonyl (C=O) groups is 1. The lowest BCUT2D eigenvalue weighted by Crippen LogP contribution is -2.52. The molecule has 0 saturated carbocycles. The average molecular weight is 656 g/mol. The fraction of sp³-hybridized carbons (Fsp3) is 0.276. The van der Waals surface area contributed by atoms with Gasteiger partial charge in [-0.1, -0.05) is 42.5 Å². The summed E-state index contributed by atoms with van der Waals surface area (Å²) >= 11 is 11.6. The Hall–Kier alpha value is -3.68. The molecule has 1 amide bonds. The van der Waals surface area contributed by atoms with Crippen LogP contribution in [0, 0.1) is 28.5 Å². The number of rotatable bonds is 11. The Balaban J connectivity index is 1.82. The van der Waals surface area contributed by atoms with Crippen LogP contribution in [0.1, 0.15) is 29.2 Å². The molecule has 2 N–H and O–H groups in total. The predicted octanol–water partition coefficient (Wildman–Crippen LogP) is 5.77.